The molecule has 0 bridgehead atoms. The van der Waals surface area contributed by atoms with Gasteiger partial charge in [-0.25, -0.2) is 0 Å². The highest BCUT2D eigenvalue weighted by atomic mass is 16.5. The summed E-state index contributed by atoms with van der Waals surface area (Å²) in [4.78, 5) is 12.7. The van der Waals surface area contributed by atoms with Gasteiger partial charge in [-0.15, -0.1) is 0 Å². The first-order chi connectivity index (χ1) is 13.8. The third kappa shape index (κ3) is 2.69. The molecule has 5 heteroatoms. The van der Waals surface area contributed by atoms with Gasteiger partial charge in [0.15, 0.2) is 0 Å². The zero-order chi connectivity index (χ0) is 20.4. The van der Waals surface area contributed by atoms with Crippen molar-refractivity contribution in [2.45, 2.75) is 82.5 Å². The van der Waals surface area contributed by atoms with Crippen molar-refractivity contribution in [3.63, 3.8) is 0 Å². The number of ketones is 1. The molecule has 4 aliphatic carbocycles. The van der Waals surface area contributed by atoms with Crippen LogP contribution >= 0.6 is 0 Å². The largest absolute Gasteiger partial charge is 0.389 e. The third-order valence-corrected chi connectivity index (χ3v) is 9.68. The van der Waals surface area contributed by atoms with Crippen LogP contribution in [0.15, 0.2) is 12.2 Å². The molecule has 1 unspecified atom stereocenters. The Morgan fingerprint density at radius 1 is 1.21 bits per heavy atom. The second kappa shape index (κ2) is 6.73. The molecule has 0 radical (unpaired) electrons. The highest BCUT2D eigenvalue weighted by Gasteiger charge is 2.66. The number of nitrogens with one attached hydrogen (secondary N) is 2. The van der Waals surface area contributed by atoms with Crippen molar-refractivity contribution in [3.8, 4) is 0 Å². The molecule has 0 spiro atoms. The van der Waals surface area contributed by atoms with Gasteiger partial charge in [-0.3, -0.25) is 4.79 Å². The number of aliphatic hydroxyl groups is 1. The van der Waals surface area contributed by atoms with E-state index in [0.29, 0.717) is 25.2 Å². The monoisotopic (exact) mass is 400 g/mol. The van der Waals surface area contributed by atoms with Crippen molar-refractivity contribution in [2.75, 3.05) is 13.1 Å². The molecule has 0 amide bonds. The van der Waals surface area contributed by atoms with Crippen LogP contribution in [0.4, 0.5) is 0 Å². The van der Waals surface area contributed by atoms with Gasteiger partial charge >= 0.3 is 0 Å². The number of carbonyl (C=O) groups is 1. The molecule has 4 saturated carbocycles. The molecule has 1 heterocycles. The van der Waals surface area contributed by atoms with E-state index >= 15 is 0 Å². The molecular formula is C24H36N2O3. The van der Waals surface area contributed by atoms with E-state index in [1.54, 1.807) is 0 Å². The summed E-state index contributed by atoms with van der Waals surface area (Å²) in [5.74, 6) is 1.08. The quantitative estimate of drug-likeness (QED) is 0.502. The minimum Gasteiger partial charge on any atom is -0.389 e. The number of fused-ring (bicyclic) bond motifs is 5. The Morgan fingerprint density at radius 3 is 2.76 bits per heavy atom. The first-order valence-electron chi connectivity index (χ1n) is 11.6. The summed E-state index contributed by atoms with van der Waals surface area (Å²) in [6.07, 6.45) is 9.38. The van der Waals surface area contributed by atoms with Crippen molar-refractivity contribution in [1.29, 1.82) is 5.41 Å². The van der Waals surface area contributed by atoms with E-state index in [4.69, 9.17) is 10.1 Å². The minimum atomic E-state index is -0.770. The molecule has 1 saturated heterocycles. The number of rotatable bonds is 3. The fourth-order valence-electron chi connectivity index (χ4n) is 8.04. The standard InChI is InChI=1S/C24H36N2O3/c1-15-11-24(28)12-16(29-17-7-10-26-13-17)5-8-22(24,2)18-6-9-23(14-25)19(21(15)18)3-4-20(23)27/h14,16-19,21,25-26,28H,1,3-13H2,2H3/t16?,17-,18+,19+,21-,22-,23-,24-/m1/s1. The van der Waals surface area contributed by atoms with Crippen LogP contribution < -0.4 is 5.32 Å². The lowest BCUT2D eigenvalue weighted by atomic mass is 9.42. The number of Topliss-reactive ketones (excluding diaryl/α,β-unsaturated/α-hetero) is 1. The van der Waals surface area contributed by atoms with Gasteiger partial charge in [-0.1, -0.05) is 19.1 Å². The van der Waals surface area contributed by atoms with Gasteiger partial charge in [0.2, 0.25) is 0 Å². The van der Waals surface area contributed by atoms with Gasteiger partial charge in [0.05, 0.1) is 23.2 Å². The van der Waals surface area contributed by atoms with E-state index in [2.05, 4.69) is 18.8 Å². The Balaban J connectivity index is 1.41. The topological polar surface area (TPSA) is 82.4 Å². The fraction of sp³-hybridized carbons (Fsp3) is 0.833. The van der Waals surface area contributed by atoms with E-state index in [1.165, 1.54) is 6.21 Å². The molecule has 5 rings (SSSR count). The predicted molar refractivity (Wildman–Crippen MR) is 112 cm³/mol. The summed E-state index contributed by atoms with van der Waals surface area (Å²) in [6.45, 7) is 8.68. The molecule has 5 fully saturated rings. The molecule has 3 N–H and O–H groups in total. The Labute approximate surface area is 174 Å². The van der Waals surface area contributed by atoms with E-state index in [0.717, 1.165) is 57.2 Å². The summed E-state index contributed by atoms with van der Waals surface area (Å²) in [6, 6.07) is 0. The smallest absolute Gasteiger partial charge is 0.144 e. The Morgan fingerprint density at radius 2 is 2.03 bits per heavy atom. The Bertz CT molecular complexity index is 732. The number of ether oxygens (including phenoxy) is 1. The lowest BCUT2D eigenvalue weighted by Crippen LogP contribution is -2.64. The van der Waals surface area contributed by atoms with Gasteiger partial charge in [0.1, 0.15) is 5.78 Å². The van der Waals surface area contributed by atoms with Crippen molar-refractivity contribution >= 4 is 12.0 Å². The van der Waals surface area contributed by atoms with E-state index in [-0.39, 0.29) is 35.2 Å². The molecule has 0 aromatic carbocycles. The van der Waals surface area contributed by atoms with E-state index in [1.807, 2.05) is 0 Å². The van der Waals surface area contributed by atoms with Crippen LogP contribution in [0.5, 0.6) is 0 Å². The van der Waals surface area contributed by atoms with Crippen LogP contribution in [-0.2, 0) is 9.53 Å². The number of hydrogen-bond donors (Lipinski definition) is 3. The van der Waals surface area contributed by atoms with Gasteiger partial charge < -0.3 is 20.6 Å². The maximum absolute atomic E-state index is 12.7. The van der Waals surface area contributed by atoms with Crippen LogP contribution in [0.1, 0.15) is 64.7 Å². The molecule has 160 valence electrons. The minimum absolute atomic E-state index is 0.125. The third-order valence-electron chi connectivity index (χ3n) is 9.68. The lowest BCUT2D eigenvalue weighted by Gasteiger charge is -2.64. The summed E-state index contributed by atoms with van der Waals surface area (Å²) in [5.41, 5.74) is -0.380. The second-order valence-corrected chi connectivity index (χ2v) is 10.8. The van der Waals surface area contributed by atoms with Crippen LogP contribution in [0, 0.1) is 34.0 Å². The zero-order valence-corrected chi connectivity index (χ0v) is 17.7. The zero-order valence-electron chi connectivity index (χ0n) is 17.7. The lowest BCUT2D eigenvalue weighted by molar-refractivity contribution is -0.208. The molecule has 8 atom stereocenters. The average Bonchev–Trinajstić information content (AvgIpc) is 3.31. The maximum atomic E-state index is 12.7. The molecule has 0 aromatic rings. The molecule has 0 aromatic heterocycles. The molecular weight excluding hydrogens is 364 g/mol. The highest BCUT2D eigenvalue weighted by molar-refractivity contribution is 6.01. The van der Waals surface area contributed by atoms with Crippen LogP contribution in [0.3, 0.4) is 0 Å². The van der Waals surface area contributed by atoms with Gasteiger partial charge in [-0.2, -0.15) is 0 Å². The average molecular weight is 401 g/mol. The summed E-state index contributed by atoms with van der Waals surface area (Å²) >= 11 is 0. The maximum Gasteiger partial charge on any atom is 0.144 e. The van der Waals surface area contributed by atoms with Crippen molar-refractivity contribution < 1.29 is 14.6 Å². The first-order valence-corrected chi connectivity index (χ1v) is 11.6. The second-order valence-electron chi connectivity index (χ2n) is 10.8. The SMILES string of the molecule is C=C1C[C@@]2(O)CC(O[C@@H]3CCNC3)CC[C@]2(C)[C@H]2CC[C@]3(C=N)C(=O)CC[C@H]3[C@H]12. The summed E-state index contributed by atoms with van der Waals surface area (Å²) in [7, 11) is 0. The van der Waals surface area contributed by atoms with Crippen molar-refractivity contribution in [1.82, 2.24) is 5.32 Å². The molecule has 29 heavy (non-hydrogen) atoms. The van der Waals surface area contributed by atoms with Crippen molar-refractivity contribution in [2.24, 2.45) is 28.6 Å². The molecule has 5 nitrogen and oxygen atoms in total. The van der Waals surface area contributed by atoms with Crippen molar-refractivity contribution in [3.05, 3.63) is 12.2 Å². The molecule has 5 aliphatic rings. The predicted octanol–water partition coefficient (Wildman–Crippen LogP) is 3.26. The number of carbonyl (C=O) groups excluding carboxylic acids is 1. The van der Waals surface area contributed by atoms with E-state index in [9.17, 15) is 9.90 Å². The van der Waals surface area contributed by atoms with Crippen LogP contribution in [0.25, 0.3) is 0 Å². The number of hydrogen-bond acceptors (Lipinski definition) is 5. The van der Waals surface area contributed by atoms with Crippen LogP contribution in [0.2, 0.25) is 0 Å². The van der Waals surface area contributed by atoms with E-state index < -0.39 is 11.0 Å². The Hall–Kier alpha value is -1.04. The summed E-state index contributed by atoms with van der Waals surface area (Å²) in [5, 5.41) is 23.4. The van der Waals surface area contributed by atoms with Crippen LogP contribution in [-0.4, -0.2) is 48.0 Å². The highest BCUT2D eigenvalue weighted by Crippen LogP contribution is 2.67. The summed E-state index contributed by atoms with van der Waals surface area (Å²) < 4.78 is 6.37. The molecule has 1 aliphatic heterocycles. The van der Waals surface area contributed by atoms with Gasteiger partial charge in [0, 0.05) is 31.0 Å². The normalized spacial score (nSPS) is 52.0. The van der Waals surface area contributed by atoms with Gasteiger partial charge in [-0.05, 0) is 69.2 Å². The Kier molecular flexibility index (Phi) is 4.62. The fourth-order valence-corrected chi connectivity index (χ4v) is 8.04. The first kappa shape index (κ1) is 19.9. The van der Waals surface area contributed by atoms with Gasteiger partial charge in [0.25, 0.3) is 0 Å².